The summed E-state index contributed by atoms with van der Waals surface area (Å²) in [6.45, 7) is 0. The van der Waals surface area contributed by atoms with Crippen LogP contribution in [0.15, 0.2) is 12.4 Å². The normalized spacial score (nSPS) is 13.2. The standard InChI is InChI=1S/C9H17N3S/c1-12-6-5-11-9(12)4-3-8(10)7-13-2/h5-6,8H,3-4,7,10H2,1-2H3. The van der Waals surface area contributed by atoms with Crippen LogP contribution < -0.4 is 5.73 Å². The summed E-state index contributed by atoms with van der Waals surface area (Å²) < 4.78 is 2.05. The molecule has 0 aromatic carbocycles. The van der Waals surface area contributed by atoms with Crippen LogP contribution in [-0.2, 0) is 13.5 Å². The van der Waals surface area contributed by atoms with Gasteiger partial charge >= 0.3 is 0 Å². The van der Waals surface area contributed by atoms with Crippen molar-refractivity contribution in [3.8, 4) is 0 Å². The molecule has 0 saturated carbocycles. The first-order valence-corrected chi connectivity index (χ1v) is 5.84. The Balaban J connectivity index is 2.30. The van der Waals surface area contributed by atoms with Gasteiger partial charge in [0.2, 0.25) is 0 Å². The highest BCUT2D eigenvalue weighted by atomic mass is 32.2. The molecule has 0 bridgehead atoms. The van der Waals surface area contributed by atoms with E-state index < -0.39 is 0 Å². The molecular formula is C9H17N3S. The van der Waals surface area contributed by atoms with E-state index in [-0.39, 0.29) is 0 Å². The van der Waals surface area contributed by atoms with Gasteiger partial charge in [0.25, 0.3) is 0 Å². The van der Waals surface area contributed by atoms with Crippen molar-refractivity contribution >= 4 is 11.8 Å². The Kier molecular flexibility index (Phi) is 4.32. The first kappa shape index (κ1) is 10.6. The number of nitrogens with two attached hydrogens (primary N) is 1. The largest absolute Gasteiger partial charge is 0.338 e. The van der Waals surface area contributed by atoms with Crippen molar-refractivity contribution in [3.05, 3.63) is 18.2 Å². The molecule has 0 aliphatic heterocycles. The molecule has 0 spiro atoms. The molecule has 1 aromatic rings. The maximum atomic E-state index is 5.89. The van der Waals surface area contributed by atoms with Gasteiger partial charge in [-0.05, 0) is 12.7 Å². The fourth-order valence-electron chi connectivity index (χ4n) is 1.25. The monoisotopic (exact) mass is 199 g/mol. The zero-order chi connectivity index (χ0) is 9.68. The number of rotatable bonds is 5. The van der Waals surface area contributed by atoms with E-state index in [2.05, 4.69) is 11.2 Å². The second-order valence-corrected chi connectivity index (χ2v) is 4.12. The molecular weight excluding hydrogens is 182 g/mol. The van der Waals surface area contributed by atoms with Crippen molar-refractivity contribution < 1.29 is 0 Å². The lowest BCUT2D eigenvalue weighted by Gasteiger charge is -2.08. The molecule has 1 aromatic heterocycles. The molecule has 2 N–H and O–H groups in total. The van der Waals surface area contributed by atoms with E-state index in [9.17, 15) is 0 Å². The van der Waals surface area contributed by atoms with E-state index in [1.54, 1.807) is 11.8 Å². The maximum Gasteiger partial charge on any atom is 0.108 e. The molecule has 0 saturated heterocycles. The summed E-state index contributed by atoms with van der Waals surface area (Å²) in [6.07, 6.45) is 7.88. The van der Waals surface area contributed by atoms with Crippen molar-refractivity contribution in [2.24, 2.45) is 12.8 Å². The van der Waals surface area contributed by atoms with E-state index >= 15 is 0 Å². The Morgan fingerprint density at radius 1 is 1.69 bits per heavy atom. The molecule has 1 atom stereocenters. The third kappa shape index (κ3) is 3.40. The molecule has 3 nitrogen and oxygen atoms in total. The van der Waals surface area contributed by atoms with Crippen LogP contribution in [0.5, 0.6) is 0 Å². The molecule has 1 unspecified atom stereocenters. The summed E-state index contributed by atoms with van der Waals surface area (Å²) in [5.74, 6) is 2.15. The predicted octanol–water partition coefficient (Wildman–Crippen LogP) is 1.04. The lowest BCUT2D eigenvalue weighted by molar-refractivity contribution is 0.639. The van der Waals surface area contributed by atoms with Crippen LogP contribution in [0.3, 0.4) is 0 Å². The number of hydrogen-bond acceptors (Lipinski definition) is 3. The molecule has 0 aliphatic carbocycles. The molecule has 13 heavy (non-hydrogen) atoms. The second kappa shape index (κ2) is 5.29. The van der Waals surface area contributed by atoms with Gasteiger partial charge in [0, 0.05) is 37.7 Å². The smallest absolute Gasteiger partial charge is 0.108 e. The van der Waals surface area contributed by atoms with Crippen LogP contribution in [0.4, 0.5) is 0 Å². The zero-order valence-electron chi connectivity index (χ0n) is 8.23. The van der Waals surface area contributed by atoms with Gasteiger partial charge in [-0.3, -0.25) is 0 Å². The predicted molar refractivity (Wildman–Crippen MR) is 57.9 cm³/mol. The van der Waals surface area contributed by atoms with Crippen molar-refractivity contribution in [2.75, 3.05) is 12.0 Å². The molecule has 4 heteroatoms. The van der Waals surface area contributed by atoms with Gasteiger partial charge in [0.15, 0.2) is 0 Å². The second-order valence-electron chi connectivity index (χ2n) is 3.21. The molecule has 1 heterocycles. The molecule has 0 radical (unpaired) electrons. The van der Waals surface area contributed by atoms with Crippen LogP contribution in [0.1, 0.15) is 12.2 Å². The fourth-order valence-corrected chi connectivity index (χ4v) is 1.84. The van der Waals surface area contributed by atoms with Gasteiger partial charge in [-0.25, -0.2) is 4.98 Å². The van der Waals surface area contributed by atoms with Crippen LogP contribution in [-0.4, -0.2) is 27.6 Å². The Morgan fingerprint density at radius 3 is 3.00 bits per heavy atom. The number of aromatic nitrogens is 2. The van der Waals surface area contributed by atoms with Gasteiger partial charge in [0.1, 0.15) is 5.82 Å². The lowest BCUT2D eigenvalue weighted by Crippen LogP contribution is -2.23. The highest BCUT2D eigenvalue weighted by Crippen LogP contribution is 2.04. The van der Waals surface area contributed by atoms with Crippen LogP contribution in [0, 0.1) is 0 Å². The fraction of sp³-hybridized carbons (Fsp3) is 0.667. The van der Waals surface area contributed by atoms with E-state index in [1.807, 2.05) is 24.0 Å². The van der Waals surface area contributed by atoms with Crippen molar-refractivity contribution in [1.82, 2.24) is 9.55 Å². The Hall–Kier alpha value is -0.480. The summed E-state index contributed by atoms with van der Waals surface area (Å²) in [6, 6.07) is 0.298. The summed E-state index contributed by atoms with van der Waals surface area (Å²) in [7, 11) is 2.02. The van der Waals surface area contributed by atoms with E-state index in [1.165, 1.54) is 0 Å². The molecule has 0 fully saturated rings. The number of nitrogens with zero attached hydrogens (tertiary/aromatic N) is 2. The molecule has 0 aliphatic rings. The summed E-state index contributed by atoms with van der Waals surface area (Å²) in [5, 5.41) is 0. The van der Waals surface area contributed by atoms with Crippen LogP contribution >= 0.6 is 11.8 Å². The third-order valence-electron chi connectivity index (χ3n) is 2.04. The summed E-state index contributed by atoms with van der Waals surface area (Å²) in [4.78, 5) is 4.25. The maximum absolute atomic E-state index is 5.89. The van der Waals surface area contributed by atoms with E-state index in [0.29, 0.717) is 6.04 Å². The molecule has 74 valence electrons. The summed E-state index contributed by atoms with van der Waals surface area (Å²) in [5.41, 5.74) is 5.89. The van der Waals surface area contributed by atoms with Gasteiger partial charge in [-0.15, -0.1) is 0 Å². The first-order chi connectivity index (χ1) is 6.24. The Labute approximate surface area is 83.7 Å². The SMILES string of the molecule is CSCC(N)CCc1nccn1C. The molecule has 0 amide bonds. The topological polar surface area (TPSA) is 43.8 Å². The Bertz CT molecular complexity index is 247. The zero-order valence-corrected chi connectivity index (χ0v) is 9.05. The van der Waals surface area contributed by atoms with Gasteiger partial charge in [0.05, 0.1) is 0 Å². The Morgan fingerprint density at radius 2 is 2.46 bits per heavy atom. The van der Waals surface area contributed by atoms with Crippen molar-refractivity contribution in [1.29, 1.82) is 0 Å². The highest BCUT2D eigenvalue weighted by Gasteiger charge is 2.04. The van der Waals surface area contributed by atoms with E-state index in [0.717, 1.165) is 24.4 Å². The number of imidazole rings is 1. The van der Waals surface area contributed by atoms with Crippen molar-refractivity contribution in [3.63, 3.8) is 0 Å². The summed E-state index contributed by atoms with van der Waals surface area (Å²) >= 11 is 1.80. The van der Waals surface area contributed by atoms with Gasteiger partial charge in [-0.2, -0.15) is 11.8 Å². The average molecular weight is 199 g/mol. The minimum Gasteiger partial charge on any atom is -0.338 e. The van der Waals surface area contributed by atoms with Crippen LogP contribution in [0.25, 0.3) is 0 Å². The van der Waals surface area contributed by atoms with E-state index in [4.69, 9.17) is 5.73 Å². The lowest BCUT2D eigenvalue weighted by atomic mass is 10.2. The van der Waals surface area contributed by atoms with Gasteiger partial charge < -0.3 is 10.3 Å². The van der Waals surface area contributed by atoms with Crippen LogP contribution in [0.2, 0.25) is 0 Å². The number of aryl methyl sites for hydroxylation is 2. The third-order valence-corrected chi connectivity index (χ3v) is 2.80. The minimum absolute atomic E-state index is 0.298. The number of thioether (sulfide) groups is 1. The van der Waals surface area contributed by atoms with Crippen molar-refractivity contribution in [2.45, 2.75) is 18.9 Å². The van der Waals surface area contributed by atoms with Gasteiger partial charge in [-0.1, -0.05) is 0 Å². The average Bonchev–Trinajstić information content (AvgIpc) is 2.48. The highest BCUT2D eigenvalue weighted by molar-refractivity contribution is 7.98. The quantitative estimate of drug-likeness (QED) is 0.770. The minimum atomic E-state index is 0.298. The molecule has 1 rings (SSSR count). The first-order valence-electron chi connectivity index (χ1n) is 4.44. The number of hydrogen-bond donors (Lipinski definition) is 1.